The number of nitrogens with one attached hydrogen (secondary N) is 2. The molecule has 2 aromatic carbocycles. The highest BCUT2D eigenvalue weighted by atomic mass is 32.2. The lowest BCUT2D eigenvalue weighted by Crippen LogP contribution is -2.23. The van der Waals surface area contributed by atoms with Crippen LogP contribution < -0.4 is 14.8 Å². The molecule has 0 aliphatic heterocycles. The minimum absolute atomic E-state index is 0.0455. The van der Waals surface area contributed by atoms with Crippen molar-refractivity contribution < 1.29 is 22.4 Å². The zero-order valence-corrected chi connectivity index (χ0v) is 18.5. The van der Waals surface area contributed by atoms with Crippen molar-refractivity contribution in [2.24, 2.45) is 0 Å². The van der Waals surface area contributed by atoms with Gasteiger partial charge in [0.1, 0.15) is 11.5 Å². The third kappa shape index (κ3) is 6.44. The second kappa shape index (κ2) is 9.36. The van der Waals surface area contributed by atoms with Gasteiger partial charge in [-0.15, -0.1) is 0 Å². The first kappa shape index (κ1) is 22.6. The Morgan fingerprint density at radius 2 is 1.68 bits per heavy atom. The van der Waals surface area contributed by atoms with Crippen LogP contribution in [0.15, 0.2) is 76.2 Å². The molecule has 0 unspecified atom stereocenters. The van der Waals surface area contributed by atoms with E-state index in [-0.39, 0.29) is 29.4 Å². The molecule has 2 N–H and O–H groups in total. The number of hydrogen-bond acceptors (Lipinski definition) is 5. The van der Waals surface area contributed by atoms with Gasteiger partial charge in [0.05, 0.1) is 17.7 Å². The zero-order valence-electron chi connectivity index (χ0n) is 17.7. The van der Waals surface area contributed by atoms with E-state index in [1.165, 1.54) is 36.1 Å². The van der Waals surface area contributed by atoms with Crippen molar-refractivity contribution in [3.8, 4) is 5.75 Å². The molecule has 0 aliphatic rings. The van der Waals surface area contributed by atoms with Gasteiger partial charge >= 0.3 is 0 Å². The molecule has 0 radical (unpaired) electrons. The molecular weight excluding hydrogens is 416 g/mol. The highest BCUT2D eigenvalue weighted by Gasteiger charge is 2.15. The molecule has 8 heteroatoms. The van der Waals surface area contributed by atoms with Gasteiger partial charge in [0, 0.05) is 5.69 Å². The van der Waals surface area contributed by atoms with Gasteiger partial charge in [-0.1, -0.05) is 32.9 Å². The summed E-state index contributed by atoms with van der Waals surface area (Å²) >= 11 is 0. The lowest BCUT2D eigenvalue weighted by Gasteiger charge is -2.19. The van der Waals surface area contributed by atoms with Crippen molar-refractivity contribution in [1.29, 1.82) is 0 Å². The van der Waals surface area contributed by atoms with Gasteiger partial charge in [-0.05, 0) is 59.5 Å². The quantitative estimate of drug-likeness (QED) is 0.548. The van der Waals surface area contributed by atoms with Crippen molar-refractivity contribution in [2.45, 2.75) is 37.6 Å². The maximum Gasteiger partial charge on any atom is 0.262 e. The van der Waals surface area contributed by atoms with E-state index in [1.54, 1.807) is 12.1 Å². The molecule has 0 spiro atoms. The summed E-state index contributed by atoms with van der Waals surface area (Å²) in [5, 5.41) is 2.69. The topological polar surface area (TPSA) is 97.6 Å². The smallest absolute Gasteiger partial charge is 0.262 e. The monoisotopic (exact) mass is 442 g/mol. The lowest BCUT2D eigenvalue weighted by atomic mass is 9.87. The van der Waals surface area contributed by atoms with Crippen molar-refractivity contribution in [3.63, 3.8) is 0 Å². The van der Waals surface area contributed by atoms with Crippen molar-refractivity contribution in [2.75, 3.05) is 11.9 Å². The van der Waals surface area contributed by atoms with E-state index in [1.807, 2.05) is 24.3 Å². The van der Waals surface area contributed by atoms with Crippen LogP contribution in [0, 0.1) is 0 Å². The third-order valence-corrected chi connectivity index (χ3v) is 5.97. The normalized spacial score (nSPS) is 11.8. The number of carbonyl (C=O) groups excluding carboxylic acids is 1. The minimum atomic E-state index is -3.69. The molecular formula is C23H26N2O5S. The van der Waals surface area contributed by atoms with E-state index < -0.39 is 10.0 Å². The number of benzene rings is 2. The fourth-order valence-corrected chi connectivity index (χ4v) is 3.77. The Morgan fingerprint density at radius 3 is 2.26 bits per heavy atom. The second-order valence-electron chi connectivity index (χ2n) is 8.04. The van der Waals surface area contributed by atoms with Crippen LogP contribution in [0.4, 0.5) is 5.69 Å². The average molecular weight is 443 g/mol. The Bertz CT molecular complexity index is 1100. The number of ether oxygens (including phenoxy) is 1. The maximum atomic E-state index is 12.3. The number of hydrogen-bond donors (Lipinski definition) is 2. The first-order chi connectivity index (χ1) is 14.6. The Balaban J connectivity index is 1.51. The van der Waals surface area contributed by atoms with Crippen LogP contribution in [0.1, 0.15) is 32.1 Å². The SMILES string of the molecule is CC(C)(C)c1ccc(OCC(=O)Nc2ccc(S(=O)(=O)NCc3ccco3)cc2)cc1. The maximum absolute atomic E-state index is 12.3. The molecule has 31 heavy (non-hydrogen) atoms. The van der Waals surface area contributed by atoms with Gasteiger partial charge in [-0.3, -0.25) is 4.79 Å². The van der Waals surface area contributed by atoms with E-state index in [4.69, 9.17) is 9.15 Å². The fraction of sp³-hybridized carbons (Fsp3) is 0.261. The molecule has 7 nitrogen and oxygen atoms in total. The highest BCUT2D eigenvalue weighted by molar-refractivity contribution is 7.89. The fourth-order valence-electron chi connectivity index (χ4n) is 2.78. The number of amides is 1. The molecule has 0 bridgehead atoms. The van der Waals surface area contributed by atoms with Gasteiger partial charge in [0.2, 0.25) is 10.0 Å². The van der Waals surface area contributed by atoms with Gasteiger partial charge in [0.15, 0.2) is 6.61 Å². The number of sulfonamides is 1. The van der Waals surface area contributed by atoms with Crippen LogP contribution >= 0.6 is 0 Å². The summed E-state index contributed by atoms with van der Waals surface area (Å²) in [5.74, 6) is 0.777. The summed E-state index contributed by atoms with van der Waals surface area (Å²) in [6.45, 7) is 6.29. The molecule has 1 heterocycles. The Labute approximate surface area is 182 Å². The average Bonchev–Trinajstić information content (AvgIpc) is 3.25. The summed E-state index contributed by atoms with van der Waals surface area (Å²) in [6.07, 6.45) is 1.48. The zero-order chi connectivity index (χ0) is 22.5. The van der Waals surface area contributed by atoms with E-state index in [2.05, 4.69) is 30.8 Å². The predicted octanol–water partition coefficient (Wildman–Crippen LogP) is 4.07. The number of anilines is 1. The summed E-state index contributed by atoms with van der Waals surface area (Å²) in [4.78, 5) is 12.2. The molecule has 0 saturated carbocycles. The molecule has 1 amide bonds. The van der Waals surface area contributed by atoms with E-state index >= 15 is 0 Å². The van der Waals surface area contributed by atoms with Crippen molar-refractivity contribution in [3.05, 3.63) is 78.3 Å². The molecule has 1 aromatic heterocycles. The Kier molecular flexibility index (Phi) is 6.82. The summed E-state index contributed by atoms with van der Waals surface area (Å²) in [5.41, 5.74) is 1.70. The standard InChI is InChI=1S/C23H26N2O5S/c1-23(2,3)17-6-10-19(11-7-17)30-16-22(26)25-18-8-12-21(13-9-18)31(27,28)24-15-20-5-4-14-29-20/h4-14,24H,15-16H2,1-3H3,(H,25,26). The van der Waals surface area contributed by atoms with Crippen LogP contribution in [0.2, 0.25) is 0 Å². The number of carbonyl (C=O) groups is 1. The van der Waals surface area contributed by atoms with E-state index in [0.717, 1.165) is 0 Å². The Morgan fingerprint density at radius 1 is 1.00 bits per heavy atom. The first-order valence-electron chi connectivity index (χ1n) is 9.79. The highest BCUT2D eigenvalue weighted by Crippen LogP contribution is 2.24. The molecule has 0 saturated heterocycles. The summed E-state index contributed by atoms with van der Waals surface area (Å²) < 4.78 is 37.8. The van der Waals surface area contributed by atoms with Gasteiger partial charge in [-0.25, -0.2) is 13.1 Å². The number of rotatable bonds is 8. The molecule has 3 rings (SSSR count). The van der Waals surface area contributed by atoms with Crippen molar-refractivity contribution >= 4 is 21.6 Å². The molecule has 164 valence electrons. The molecule has 0 atom stereocenters. The van der Waals surface area contributed by atoms with E-state index in [9.17, 15) is 13.2 Å². The largest absolute Gasteiger partial charge is 0.484 e. The van der Waals surface area contributed by atoms with Crippen LogP contribution in [0.3, 0.4) is 0 Å². The summed E-state index contributed by atoms with van der Waals surface area (Å²) in [6, 6.07) is 16.9. The molecule has 0 fully saturated rings. The van der Waals surface area contributed by atoms with Gasteiger partial charge in [-0.2, -0.15) is 0 Å². The van der Waals surface area contributed by atoms with E-state index in [0.29, 0.717) is 17.2 Å². The molecule has 0 aliphatic carbocycles. The number of furan rings is 1. The third-order valence-electron chi connectivity index (χ3n) is 4.56. The van der Waals surface area contributed by atoms with Crippen LogP contribution in [-0.4, -0.2) is 20.9 Å². The second-order valence-corrected chi connectivity index (χ2v) is 9.81. The first-order valence-corrected chi connectivity index (χ1v) is 11.3. The summed E-state index contributed by atoms with van der Waals surface area (Å²) in [7, 11) is -3.69. The van der Waals surface area contributed by atoms with Crippen LogP contribution in [0.25, 0.3) is 0 Å². The van der Waals surface area contributed by atoms with Gasteiger partial charge < -0.3 is 14.5 Å². The van der Waals surface area contributed by atoms with Crippen LogP contribution in [0.5, 0.6) is 5.75 Å². The molecule has 3 aromatic rings. The van der Waals surface area contributed by atoms with Crippen molar-refractivity contribution in [1.82, 2.24) is 4.72 Å². The Hall–Kier alpha value is -3.10. The minimum Gasteiger partial charge on any atom is -0.484 e. The van der Waals surface area contributed by atoms with Crippen LogP contribution in [-0.2, 0) is 26.8 Å². The van der Waals surface area contributed by atoms with Gasteiger partial charge in [0.25, 0.3) is 5.91 Å². The predicted molar refractivity (Wildman–Crippen MR) is 118 cm³/mol. The lowest BCUT2D eigenvalue weighted by molar-refractivity contribution is -0.118.